The minimum atomic E-state index is -1.11. The van der Waals surface area contributed by atoms with Crippen molar-refractivity contribution in [3.63, 3.8) is 0 Å². The third kappa shape index (κ3) is 14.0. The van der Waals surface area contributed by atoms with Gasteiger partial charge in [0.1, 0.15) is 13.5 Å². The number of amides is 1. The van der Waals surface area contributed by atoms with Crippen molar-refractivity contribution in [2.45, 2.75) is 124 Å². The Balaban J connectivity index is 0.000000180. The van der Waals surface area contributed by atoms with Crippen LogP contribution in [0, 0.1) is 13.8 Å². The zero-order valence-corrected chi connectivity index (χ0v) is 47.5. The van der Waals surface area contributed by atoms with E-state index in [9.17, 15) is 4.79 Å². The fraction of sp³-hybridized carbons (Fsp3) is 0.481. The van der Waals surface area contributed by atoms with E-state index in [1.807, 2.05) is 94.2 Å². The maximum atomic E-state index is 12.9. The highest BCUT2D eigenvalue weighted by Crippen LogP contribution is 2.32. The van der Waals surface area contributed by atoms with Gasteiger partial charge >= 0.3 is 0 Å². The van der Waals surface area contributed by atoms with Crippen molar-refractivity contribution < 1.29 is 14.3 Å². The molecule has 21 heteroatoms. The zero-order valence-electron chi connectivity index (χ0n) is 43.9. The van der Waals surface area contributed by atoms with Gasteiger partial charge in [-0.1, -0.05) is 45.7 Å². The molecule has 10 rings (SSSR count). The highest BCUT2D eigenvalue weighted by Gasteiger charge is 2.22. The Labute approximate surface area is 439 Å². The highest BCUT2D eigenvalue weighted by molar-refractivity contribution is 7.18. The maximum absolute atomic E-state index is 12.9. The fourth-order valence-electron chi connectivity index (χ4n) is 8.89. The van der Waals surface area contributed by atoms with Gasteiger partial charge in [-0.05, 0) is 95.4 Å². The first-order valence-electron chi connectivity index (χ1n) is 25.8. The maximum Gasteiger partial charge on any atom is 0.263 e. The van der Waals surface area contributed by atoms with Crippen LogP contribution in [0.15, 0.2) is 73.8 Å². The van der Waals surface area contributed by atoms with E-state index < -0.39 is 16.1 Å². The molecule has 2 aliphatic heterocycles. The summed E-state index contributed by atoms with van der Waals surface area (Å²) in [6.07, 6.45) is 22.8. The normalized spacial score (nSPS) is 14.8. The number of nitrogens with one attached hydrogen (secondary N) is 2. The molecule has 0 atom stereocenters. The molecule has 17 nitrogen and oxygen atoms in total. The average molecular weight is 1060 g/mol. The third-order valence-electron chi connectivity index (χ3n) is 13.0. The summed E-state index contributed by atoms with van der Waals surface area (Å²) in [6.45, 7) is 25.7. The number of piperidine rings is 2. The van der Waals surface area contributed by atoms with Crippen LogP contribution in [-0.2, 0) is 29.5 Å². The number of carbonyl (C=O) groups excluding carboxylic acids is 1. The van der Waals surface area contributed by atoms with Crippen molar-refractivity contribution in [2.75, 3.05) is 50.0 Å². The van der Waals surface area contributed by atoms with Crippen molar-refractivity contribution in [1.29, 1.82) is 0 Å². The van der Waals surface area contributed by atoms with Crippen LogP contribution in [-0.4, -0.2) is 120 Å². The molecule has 8 aromatic heterocycles. The van der Waals surface area contributed by atoms with E-state index in [4.69, 9.17) is 24.4 Å². The lowest BCUT2D eigenvalue weighted by atomic mass is 10.1. The molecule has 2 aliphatic rings. The largest absolute Gasteiger partial charge is 0.360 e. The number of likely N-dealkylation sites (tertiary alicyclic amines) is 2. The number of aryl methyl sites for hydroxylation is 2. The number of aromatic nitrogens is 10. The Morgan fingerprint density at radius 2 is 1.11 bits per heavy atom. The summed E-state index contributed by atoms with van der Waals surface area (Å²) in [4.78, 5) is 38.4. The topological polar surface area (TPSA) is 162 Å². The SMILES string of the molecule is Cc1cn2c(-c3cnn(COCC[Si](C)(C)C)c3)cnc2c(Nc2ccc(C(=O)N3CCCCC3)s2)n1.Cc1cn2c(-c3cnn(COCC[Si](C)(C)C)c3)cnc2c(Nc2ccc(CN3CCCCC3)s2)n1. The molecule has 0 unspecified atom stereocenters. The van der Waals surface area contributed by atoms with Gasteiger partial charge in [0.15, 0.2) is 22.9 Å². The van der Waals surface area contributed by atoms with Crippen LogP contribution >= 0.6 is 22.7 Å². The van der Waals surface area contributed by atoms with Crippen LogP contribution in [0.5, 0.6) is 0 Å². The molecule has 0 spiro atoms. The van der Waals surface area contributed by atoms with Crippen molar-refractivity contribution in [2.24, 2.45) is 0 Å². The van der Waals surface area contributed by atoms with Gasteiger partial charge in [0.2, 0.25) is 0 Å². The number of carbonyl (C=O) groups is 1. The fourth-order valence-corrected chi connectivity index (χ4v) is 12.2. The van der Waals surface area contributed by atoms with E-state index in [1.54, 1.807) is 11.3 Å². The second-order valence-electron chi connectivity index (χ2n) is 21.7. The molecule has 2 N–H and O–H groups in total. The van der Waals surface area contributed by atoms with Crippen molar-refractivity contribution in [3.8, 4) is 22.5 Å². The number of anilines is 4. The highest BCUT2D eigenvalue weighted by atomic mass is 32.1. The molecule has 0 aromatic carbocycles. The van der Waals surface area contributed by atoms with Crippen molar-refractivity contribution >= 4 is 77.7 Å². The second-order valence-corrected chi connectivity index (χ2v) is 35.2. The van der Waals surface area contributed by atoms with Gasteiger partial charge < -0.3 is 25.0 Å². The van der Waals surface area contributed by atoms with Crippen LogP contribution in [0.1, 0.15) is 64.5 Å². The van der Waals surface area contributed by atoms with Gasteiger partial charge in [-0.25, -0.2) is 29.3 Å². The predicted molar refractivity (Wildman–Crippen MR) is 300 cm³/mol. The summed E-state index contributed by atoms with van der Waals surface area (Å²) in [5.74, 6) is 1.55. The number of ether oxygens (including phenoxy) is 2. The van der Waals surface area contributed by atoms with Crippen LogP contribution in [0.4, 0.5) is 21.6 Å². The Hall–Kier alpha value is -5.56. The second kappa shape index (κ2) is 23.3. The number of hydrogen-bond donors (Lipinski definition) is 2. The van der Waals surface area contributed by atoms with Gasteiger partial charge in [-0.3, -0.25) is 18.5 Å². The molecule has 73 heavy (non-hydrogen) atoms. The van der Waals surface area contributed by atoms with Gasteiger partial charge in [-0.2, -0.15) is 10.2 Å². The van der Waals surface area contributed by atoms with Gasteiger partial charge in [0.05, 0.1) is 62.4 Å². The zero-order chi connectivity index (χ0) is 51.1. The Bertz CT molecular complexity index is 3090. The lowest BCUT2D eigenvalue weighted by Gasteiger charge is -2.26. The van der Waals surface area contributed by atoms with E-state index in [0.717, 1.165) is 124 Å². The van der Waals surface area contributed by atoms with Crippen molar-refractivity contribution in [1.82, 2.24) is 58.1 Å². The van der Waals surface area contributed by atoms with Gasteiger partial charge in [0, 0.05) is 89.8 Å². The number of thiophene rings is 2. The Morgan fingerprint density at radius 1 is 0.616 bits per heavy atom. The quantitative estimate of drug-likeness (QED) is 0.0583. The minimum absolute atomic E-state index is 0.115. The van der Waals surface area contributed by atoms with Gasteiger partial charge in [-0.15, -0.1) is 22.7 Å². The first-order valence-corrected chi connectivity index (χ1v) is 34.8. The first-order chi connectivity index (χ1) is 35.1. The Kier molecular flexibility index (Phi) is 16.7. The summed E-state index contributed by atoms with van der Waals surface area (Å²) >= 11 is 3.26. The monoisotopic (exact) mass is 1060 g/mol. The molecular weight excluding hydrogens is 989 g/mol. The predicted octanol–water partition coefficient (Wildman–Crippen LogP) is 11.6. The van der Waals surface area contributed by atoms with E-state index in [-0.39, 0.29) is 5.91 Å². The molecule has 388 valence electrons. The molecule has 0 radical (unpaired) electrons. The lowest BCUT2D eigenvalue weighted by Crippen LogP contribution is -2.35. The molecule has 1 amide bonds. The molecule has 8 aromatic rings. The first kappa shape index (κ1) is 52.3. The molecule has 0 aliphatic carbocycles. The van der Waals surface area contributed by atoms with Crippen LogP contribution in [0.25, 0.3) is 33.8 Å². The molecule has 0 saturated carbocycles. The molecular formula is C52H72N14O3S2Si2. The average Bonchev–Trinajstić information content (AvgIpc) is 4.23. The number of fused-ring (bicyclic) bond motifs is 2. The summed E-state index contributed by atoms with van der Waals surface area (Å²) in [6, 6.07) is 10.5. The smallest absolute Gasteiger partial charge is 0.263 e. The van der Waals surface area contributed by atoms with Crippen molar-refractivity contribution in [3.05, 3.63) is 95.0 Å². The number of imidazole rings is 2. The van der Waals surface area contributed by atoms with E-state index in [1.165, 1.54) is 55.0 Å². The van der Waals surface area contributed by atoms with Crippen LogP contribution < -0.4 is 10.6 Å². The number of rotatable bonds is 19. The molecule has 2 fully saturated rings. The lowest BCUT2D eigenvalue weighted by molar-refractivity contribution is 0.0729. The Morgan fingerprint density at radius 3 is 1.63 bits per heavy atom. The van der Waals surface area contributed by atoms with Crippen LogP contribution in [0.3, 0.4) is 0 Å². The van der Waals surface area contributed by atoms with Gasteiger partial charge in [0.25, 0.3) is 5.91 Å². The summed E-state index contributed by atoms with van der Waals surface area (Å²) in [5.41, 5.74) is 7.20. The molecule has 0 bridgehead atoms. The number of hydrogen-bond acceptors (Lipinski definition) is 14. The van der Waals surface area contributed by atoms with E-state index in [2.05, 4.69) is 86.5 Å². The van der Waals surface area contributed by atoms with E-state index >= 15 is 0 Å². The summed E-state index contributed by atoms with van der Waals surface area (Å²) < 4.78 is 19.5. The standard InChI is InChI=1S/C26H35N7O2SSi.C26H37N7OSSi/c1-19-16-33-21(20-14-28-32(17-20)18-35-12-13-37(2,3)4)15-27-25(33)24(29-19)30-23-9-8-22(36-23)26(34)31-10-6-5-7-11-31;1-20-16-33-23(21-14-28-32(17-21)19-34-12-13-36(2,3)4)15-27-26(33)25(29-20)30-24-9-8-22(35-24)18-31-10-6-5-7-11-31/h8-9,14-17H,5-7,10-13,18H2,1-4H3,(H,29,30);8-9,14-17H,5-7,10-13,18-19H2,1-4H3,(H,29,30). The molecule has 10 heterocycles. The number of nitrogens with zero attached hydrogens (tertiary/aromatic N) is 12. The summed E-state index contributed by atoms with van der Waals surface area (Å²) in [5, 5.41) is 17.9. The third-order valence-corrected chi connectivity index (χ3v) is 18.3. The van der Waals surface area contributed by atoms with Crippen LogP contribution in [0.2, 0.25) is 51.4 Å². The summed E-state index contributed by atoms with van der Waals surface area (Å²) in [7, 11) is -2.20. The van der Waals surface area contributed by atoms with E-state index in [0.29, 0.717) is 19.3 Å². The molecule has 2 saturated heterocycles. The minimum Gasteiger partial charge on any atom is -0.360 e.